The second kappa shape index (κ2) is 5.72. The van der Waals surface area contributed by atoms with E-state index in [2.05, 4.69) is 0 Å². The largest absolute Gasteiger partial charge is 0.388 e. The summed E-state index contributed by atoms with van der Waals surface area (Å²) in [5, 5.41) is 10.3. The van der Waals surface area contributed by atoms with Gasteiger partial charge in [-0.05, 0) is 48.2 Å². The molecule has 0 aliphatic heterocycles. The number of aryl methyl sites for hydroxylation is 2. The maximum Gasteiger partial charge on any atom is 0.142 e. The van der Waals surface area contributed by atoms with Crippen molar-refractivity contribution in [2.24, 2.45) is 0 Å². The zero-order valence-corrected chi connectivity index (χ0v) is 11.7. The molecule has 0 aromatic heterocycles. The second-order valence-electron chi connectivity index (χ2n) is 4.76. The summed E-state index contributed by atoms with van der Waals surface area (Å²) in [6, 6.07) is 10.4. The van der Waals surface area contributed by atoms with Gasteiger partial charge in [0.1, 0.15) is 5.82 Å². The zero-order valence-electron chi connectivity index (χ0n) is 11.0. The first kappa shape index (κ1) is 14.0. The van der Waals surface area contributed by atoms with E-state index >= 15 is 0 Å². The van der Waals surface area contributed by atoms with E-state index in [9.17, 15) is 9.50 Å². The predicted octanol–water partition coefficient (Wildman–Crippen LogP) is 4.37. The summed E-state index contributed by atoms with van der Waals surface area (Å²) in [5.74, 6) is -0.500. The molecule has 19 heavy (non-hydrogen) atoms. The van der Waals surface area contributed by atoms with Crippen LogP contribution < -0.4 is 0 Å². The number of aliphatic hydroxyl groups is 1. The Hall–Kier alpha value is -1.38. The van der Waals surface area contributed by atoms with Gasteiger partial charge in [0.25, 0.3) is 0 Å². The number of aliphatic hydroxyl groups excluding tert-OH is 1. The molecular formula is C16H16ClFO. The minimum atomic E-state index is -0.730. The van der Waals surface area contributed by atoms with E-state index in [0.717, 1.165) is 16.7 Å². The van der Waals surface area contributed by atoms with Crippen molar-refractivity contribution in [1.82, 2.24) is 0 Å². The van der Waals surface area contributed by atoms with Crippen LogP contribution in [0.3, 0.4) is 0 Å². The van der Waals surface area contributed by atoms with Crippen LogP contribution in [0.1, 0.15) is 28.4 Å². The summed E-state index contributed by atoms with van der Waals surface area (Å²) < 4.78 is 13.4. The van der Waals surface area contributed by atoms with Crippen LogP contribution in [0.25, 0.3) is 0 Å². The molecule has 2 rings (SSSR count). The smallest absolute Gasteiger partial charge is 0.142 e. The van der Waals surface area contributed by atoms with Gasteiger partial charge in [0.05, 0.1) is 11.1 Å². The molecule has 1 N–H and O–H groups in total. The fourth-order valence-electron chi connectivity index (χ4n) is 2.20. The van der Waals surface area contributed by atoms with E-state index in [0.29, 0.717) is 12.0 Å². The average Bonchev–Trinajstić information content (AvgIpc) is 2.37. The molecule has 0 saturated heterocycles. The van der Waals surface area contributed by atoms with Gasteiger partial charge in [-0.1, -0.05) is 35.9 Å². The van der Waals surface area contributed by atoms with Gasteiger partial charge in [0.15, 0.2) is 0 Å². The summed E-state index contributed by atoms with van der Waals surface area (Å²) in [6.07, 6.45) is -0.258. The van der Waals surface area contributed by atoms with Crippen LogP contribution in [0.4, 0.5) is 4.39 Å². The van der Waals surface area contributed by atoms with Gasteiger partial charge >= 0.3 is 0 Å². The molecule has 2 aromatic rings. The molecule has 1 unspecified atom stereocenters. The molecular weight excluding hydrogens is 263 g/mol. The summed E-state index contributed by atoms with van der Waals surface area (Å²) in [5.41, 5.74) is 3.91. The minimum Gasteiger partial charge on any atom is -0.388 e. The van der Waals surface area contributed by atoms with Gasteiger partial charge in [-0.3, -0.25) is 0 Å². The first-order chi connectivity index (χ1) is 8.99. The highest BCUT2D eigenvalue weighted by atomic mass is 35.5. The first-order valence-corrected chi connectivity index (χ1v) is 6.55. The van der Waals surface area contributed by atoms with Gasteiger partial charge < -0.3 is 5.11 Å². The molecule has 0 bridgehead atoms. The van der Waals surface area contributed by atoms with E-state index in [-0.39, 0.29) is 5.02 Å². The van der Waals surface area contributed by atoms with Crippen LogP contribution in [-0.4, -0.2) is 5.11 Å². The van der Waals surface area contributed by atoms with Crippen molar-refractivity contribution < 1.29 is 9.50 Å². The summed E-state index contributed by atoms with van der Waals surface area (Å²) in [4.78, 5) is 0. The van der Waals surface area contributed by atoms with Crippen molar-refractivity contribution in [3.8, 4) is 0 Å². The van der Waals surface area contributed by atoms with Crippen LogP contribution >= 0.6 is 11.6 Å². The van der Waals surface area contributed by atoms with E-state index in [1.165, 1.54) is 12.1 Å². The third-order valence-corrected chi connectivity index (χ3v) is 3.68. The molecule has 1 atom stereocenters. The average molecular weight is 279 g/mol. The van der Waals surface area contributed by atoms with Crippen molar-refractivity contribution in [3.63, 3.8) is 0 Å². The van der Waals surface area contributed by atoms with Gasteiger partial charge in [-0.2, -0.15) is 0 Å². The van der Waals surface area contributed by atoms with Crippen molar-refractivity contribution in [2.75, 3.05) is 0 Å². The van der Waals surface area contributed by atoms with Crippen molar-refractivity contribution in [3.05, 3.63) is 69.5 Å². The van der Waals surface area contributed by atoms with Crippen LogP contribution in [0.2, 0.25) is 5.02 Å². The number of hydrogen-bond acceptors (Lipinski definition) is 1. The van der Waals surface area contributed by atoms with Crippen LogP contribution in [0.15, 0.2) is 36.4 Å². The van der Waals surface area contributed by atoms with Crippen LogP contribution in [-0.2, 0) is 6.42 Å². The Morgan fingerprint density at radius 3 is 2.37 bits per heavy atom. The number of benzene rings is 2. The summed E-state index contributed by atoms with van der Waals surface area (Å²) >= 11 is 5.64. The van der Waals surface area contributed by atoms with Crippen LogP contribution in [0, 0.1) is 19.7 Å². The Balaban J connectivity index is 2.25. The van der Waals surface area contributed by atoms with Gasteiger partial charge in [0.2, 0.25) is 0 Å². The van der Waals surface area contributed by atoms with Crippen molar-refractivity contribution in [1.29, 1.82) is 0 Å². The Kier molecular flexibility index (Phi) is 4.23. The molecule has 0 saturated carbocycles. The molecule has 0 radical (unpaired) electrons. The Morgan fingerprint density at radius 1 is 1.16 bits per heavy atom. The molecule has 0 aliphatic carbocycles. The summed E-state index contributed by atoms with van der Waals surface area (Å²) in [7, 11) is 0. The maximum atomic E-state index is 13.4. The Morgan fingerprint density at radius 2 is 1.79 bits per heavy atom. The Bertz CT molecular complexity index is 575. The SMILES string of the molecule is Cc1cccc(C)c1CC(O)c1ccc(Cl)c(F)c1. The standard InChI is InChI=1S/C16H16ClFO/c1-10-4-3-5-11(2)13(10)9-16(19)12-6-7-14(17)15(18)8-12/h3-8,16,19H,9H2,1-2H3. The number of hydrogen-bond donors (Lipinski definition) is 1. The molecule has 0 fully saturated rings. The first-order valence-electron chi connectivity index (χ1n) is 6.17. The quantitative estimate of drug-likeness (QED) is 0.884. The second-order valence-corrected chi connectivity index (χ2v) is 5.17. The molecule has 0 aliphatic rings. The molecule has 0 spiro atoms. The molecule has 100 valence electrons. The molecule has 0 amide bonds. The van der Waals surface area contributed by atoms with Crippen molar-refractivity contribution >= 4 is 11.6 Å². The lowest BCUT2D eigenvalue weighted by molar-refractivity contribution is 0.177. The minimum absolute atomic E-state index is 0.0722. The van der Waals surface area contributed by atoms with Gasteiger partial charge in [-0.25, -0.2) is 4.39 Å². The highest BCUT2D eigenvalue weighted by molar-refractivity contribution is 6.30. The lowest BCUT2D eigenvalue weighted by atomic mass is 9.94. The predicted molar refractivity (Wildman–Crippen MR) is 76.0 cm³/mol. The molecule has 3 heteroatoms. The molecule has 0 heterocycles. The van der Waals surface area contributed by atoms with Gasteiger partial charge in [0, 0.05) is 6.42 Å². The lowest BCUT2D eigenvalue weighted by Crippen LogP contribution is -2.05. The van der Waals surface area contributed by atoms with Crippen LogP contribution in [0.5, 0.6) is 0 Å². The summed E-state index contributed by atoms with van der Waals surface area (Å²) in [6.45, 7) is 4.02. The fraction of sp³-hybridized carbons (Fsp3) is 0.250. The normalized spacial score (nSPS) is 12.5. The van der Waals surface area contributed by atoms with E-state index in [1.807, 2.05) is 32.0 Å². The fourth-order valence-corrected chi connectivity index (χ4v) is 2.32. The molecule has 1 nitrogen and oxygen atoms in total. The highest BCUT2D eigenvalue weighted by Gasteiger charge is 2.13. The maximum absolute atomic E-state index is 13.4. The monoisotopic (exact) mass is 278 g/mol. The van der Waals surface area contributed by atoms with E-state index in [1.54, 1.807) is 6.07 Å². The lowest BCUT2D eigenvalue weighted by Gasteiger charge is -2.15. The Labute approximate surface area is 117 Å². The topological polar surface area (TPSA) is 20.2 Å². The third kappa shape index (κ3) is 3.14. The van der Waals surface area contributed by atoms with Crippen molar-refractivity contribution in [2.45, 2.75) is 26.4 Å². The molecule has 2 aromatic carbocycles. The van der Waals surface area contributed by atoms with E-state index < -0.39 is 11.9 Å². The number of halogens is 2. The highest BCUT2D eigenvalue weighted by Crippen LogP contribution is 2.25. The van der Waals surface area contributed by atoms with Gasteiger partial charge in [-0.15, -0.1) is 0 Å². The number of rotatable bonds is 3. The zero-order chi connectivity index (χ0) is 14.0. The van der Waals surface area contributed by atoms with E-state index in [4.69, 9.17) is 11.6 Å². The third-order valence-electron chi connectivity index (χ3n) is 3.37.